The minimum Gasteiger partial charge on any atom is -0.274 e. The Bertz CT molecular complexity index is 141. The molecule has 0 aromatic heterocycles. The average molecular weight is 142 g/mol. The molecule has 0 saturated carbocycles. The number of hydroxylamine groups is 1. The molecule has 0 aliphatic rings. The van der Waals surface area contributed by atoms with Gasteiger partial charge in [0.25, 0.3) is 0 Å². The summed E-state index contributed by atoms with van der Waals surface area (Å²) in [5.41, 5.74) is 3.64. The molecule has 0 amide bonds. The van der Waals surface area contributed by atoms with Crippen LogP contribution in [0.1, 0.15) is 13.8 Å². The van der Waals surface area contributed by atoms with E-state index in [0.717, 1.165) is 11.4 Å². The third-order valence-electron chi connectivity index (χ3n) is 0.874. The molecule has 0 aromatic carbocycles. The summed E-state index contributed by atoms with van der Waals surface area (Å²) in [5, 5.41) is 0. The van der Waals surface area contributed by atoms with E-state index in [2.05, 4.69) is 17.1 Å². The van der Waals surface area contributed by atoms with Crippen LogP contribution in [0.4, 0.5) is 0 Å². The first-order valence-electron chi connectivity index (χ1n) is 3.12. The van der Waals surface area contributed by atoms with Crippen molar-refractivity contribution in [2.24, 2.45) is 4.99 Å². The van der Waals surface area contributed by atoms with Crippen LogP contribution in [-0.4, -0.2) is 19.5 Å². The molecule has 58 valence electrons. The first kappa shape index (κ1) is 9.17. The number of rotatable bonds is 3. The van der Waals surface area contributed by atoms with E-state index >= 15 is 0 Å². The van der Waals surface area contributed by atoms with Crippen LogP contribution in [0.25, 0.3) is 0 Å². The third kappa shape index (κ3) is 5.31. The lowest BCUT2D eigenvalue weighted by Crippen LogP contribution is -2.21. The number of hydrogen-bond donors (Lipinski definition) is 1. The highest BCUT2D eigenvalue weighted by Crippen LogP contribution is 1.84. The van der Waals surface area contributed by atoms with Crippen molar-refractivity contribution >= 4 is 5.84 Å². The smallest absolute Gasteiger partial charge is 0.117 e. The number of amidine groups is 1. The molecule has 1 N–H and O–H groups in total. The number of aliphatic imine (C=N–C) groups is 1. The molecule has 3 heteroatoms. The van der Waals surface area contributed by atoms with E-state index in [1.54, 1.807) is 7.05 Å². The van der Waals surface area contributed by atoms with Gasteiger partial charge in [-0.1, -0.05) is 12.2 Å². The second-order valence-corrected chi connectivity index (χ2v) is 2.16. The minimum absolute atomic E-state index is 0.521. The van der Waals surface area contributed by atoms with Gasteiger partial charge in [0, 0.05) is 7.05 Å². The quantitative estimate of drug-likeness (QED) is 0.277. The molecular weight excluding hydrogens is 128 g/mol. The van der Waals surface area contributed by atoms with Crippen LogP contribution in [0.5, 0.6) is 0 Å². The molecule has 0 rings (SSSR count). The fourth-order valence-corrected chi connectivity index (χ4v) is 0.309. The first-order valence-corrected chi connectivity index (χ1v) is 3.12. The van der Waals surface area contributed by atoms with Crippen molar-refractivity contribution in [2.45, 2.75) is 13.8 Å². The van der Waals surface area contributed by atoms with E-state index in [1.807, 2.05) is 13.8 Å². The van der Waals surface area contributed by atoms with Crippen molar-refractivity contribution in [3.05, 3.63) is 12.2 Å². The molecule has 0 fully saturated rings. The molecular formula is C7H14N2O. The number of nitrogens with one attached hydrogen (secondary N) is 1. The SMILES string of the molecule is C=C(C)CONC(C)=NC. The van der Waals surface area contributed by atoms with Crippen LogP contribution in [0.15, 0.2) is 17.1 Å². The normalized spacial score (nSPS) is 11.3. The topological polar surface area (TPSA) is 33.6 Å². The van der Waals surface area contributed by atoms with E-state index in [-0.39, 0.29) is 0 Å². The summed E-state index contributed by atoms with van der Waals surface area (Å²) >= 11 is 0. The average Bonchev–Trinajstić information content (AvgIpc) is 1.87. The maximum absolute atomic E-state index is 4.97. The fourth-order valence-electron chi connectivity index (χ4n) is 0.309. The van der Waals surface area contributed by atoms with E-state index in [0.29, 0.717) is 6.61 Å². The summed E-state index contributed by atoms with van der Waals surface area (Å²) in [5.74, 6) is 0.765. The highest BCUT2D eigenvalue weighted by atomic mass is 16.6. The molecule has 0 aliphatic heterocycles. The molecule has 0 unspecified atom stereocenters. The van der Waals surface area contributed by atoms with Crippen LogP contribution in [0.3, 0.4) is 0 Å². The predicted molar refractivity (Wildman–Crippen MR) is 42.9 cm³/mol. The van der Waals surface area contributed by atoms with Gasteiger partial charge in [-0.15, -0.1) is 0 Å². The maximum Gasteiger partial charge on any atom is 0.117 e. The van der Waals surface area contributed by atoms with Gasteiger partial charge in [-0.3, -0.25) is 15.3 Å². The van der Waals surface area contributed by atoms with Crippen molar-refractivity contribution in [3.63, 3.8) is 0 Å². The van der Waals surface area contributed by atoms with Gasteiger partial charge in [0.15, 0.2) is 0 Å². The third-order valence-corrected chi connectivity index (χ3v) is 0.874. The summed E-state index contributed by atoms with van der Waals surface area (Å²) in [7, 11) is 1.70. The van der Waals surface area contributed by atoms with Crippen LogP contribution in [0.2, 0.25) is 0 Å². The lowest BCUT2D eigenvalue weighted by Gasteiger charge is -2.04. The zero-order chi connectivity index (χ0) is 7.98. The molecule has 0 saturated heterocycles. The summed E-state index contributed by atoms with van der Waals surface area (Å²) < 4.78 is 0. The molecule has 0 aromatic rings. The Kier molecular flexibility index (Phi) is 4.58. The highest BCUT2D eigenvalue weighted by Gasteiger charge is 1.87. The fraction of sp³-hybridized carbons (Fsp3) is 0.571. The summed E-state index contributed by atoms with van der Waals surface area (Å²) in [6.07, 6.45) is 0. The second-order valence-electron chi connectivity index (χ2n) is 2.16. The maximum atomic E-state index is 4.97. The van der Waals surface area contributed by atoms with Crippen LogP contribution in [-0.2, 0) is 4.84 Å². The number of hydrogen-bond acceptors (Lipinski definition) is 2. The van der Waals surface area contributed by atoms with Gasteiger partial charge in [-0.05, 0) is 13.8 Å². The first-order chi connectivity index (χ1) is 4.66. The zero-order valence-electron chi connectivity index (χ0n) is 6.77. The van der Waals surface area contributed by atoms with Crippen molar-refractivity contribution in [1.29, 1.82) is 0 Å². The van der Waals surface area contributed by atoms with Crippen LogP contribution >= 0.6 is 0 Å². The Labute approximate surface area is 61.8 Å². The van der Waals surface area contributed by atoms with Gasteiger partial charge in [-0.25, -0.2) is 0 Å². The molecule has 0 spiro atoms. The highest BCUT2D eigenvalue weighted by molar-refractivity contribution is 5.78. The van der Waals surface area contributed by atoms with E-state index in [9.17, 15) is 0 Å². The van der Waals surface area contributed by atoms with Gasteiger partial charge in [0.05, 0.1) is 6.61 Å². The largest absolute Gasteiger partial charge is 0.274 e. The van der Waals surface area contributed by atoms with Gasteiger partial charge in [0.1, 0.15) is 5.84 Å². The van der Waals surface area contributed by atoms with Crippen molar-refractivity contribution < 1.29 is 4.84 Å². The molecule has 0 aliphatic carbocycles. The van der Waals surface area contributed by atoms with Crippen molar-refractivity contribution in [2.75, 3.05) is 13.7 Å². The van der Waals surface area contributed by atoms with E-state index < -0.39 is 0 Å². The van der Waals surface area contributed by atoms with Crippen molar-refractivity contribution in [3.8, 4) is 0 Å². The standard InChI is InChI=1S/C7H14N2O/c1-6(2)5-10-9-7(3)8-4/h1,5H2,2-4H3,(H,8,9). The molecule has 10 heavy (non-hydrogen) atoms. The van der Waals surface area contributed by atoms with Gasteiger partial charge < -0.3 is 0 Å². The molecule has 0 atom stereocenters. The monoisotopic (exact) mass is 142 g/mol. The van der Waals surface area contributed by atoms with Gasteiger partial charge >= 0.3 is 0 Å². The Morgan fingerprint density at radius 1 is 1.60 bits per heavy atom. The van der Waals surface area contributed by atoms with Gasteiger partial charge in [-0.2, -0.15) is 0 Å². The molecule has 0 bridgehead atoms. The second kappa shape index (κ2) is 4.99. The minimum atomic E-state index is 0.521. The summed E-state index contributed by atoms with van der Waals surface area (Å²) in [6.45, 7) is 7.93. The summed E-state index contributed by atoms with van der Waals surface area (Å²) in [4.78, 5) is 8.80. The predicted octanol–water partition coefficient (Wildman–Crippen LogP) is 1.13. The zero-order valence-corrected chi connectivity index (χ0v) is 6.77. The Balaban J connectivity index is 3.29. The Morgan fingerprint density at radius 2 is 2.20 bits per heavy atom. The Morgan fingerprint density at radius 3 is 2.60 bits per heavy atom. The van der Waals surface area contributed by atoms with Crippen LogP contribution in [0, 0.1) is 0 Å². The molecule has 0 heterocycles. The Hall–Kier alpha value is -0.830. The molecule has 3 nitrogen and oxygen atoms in total. The van der Waals surface area contributed by atoms with E-state index in [1.165, 1.54) is 0 Å². The summed E-state index contributed by atoms with van der Waals surface area (Å²) in [6, 6.07) is 0. The van der Waals surface area contributed by atoms with Crippen LogP contribution < -0.4 is 5.48 Å². The molecule has 0 radical (unpaired) electrons. The van der Waals surface area contributed by atoms with Gasteiger partial charge in [0.2, 0.25) is 0 Å². The lowest BCUT2D eigenvalue weighted by molar-refractivity contribution is 0.105. The van der Waals surface area contributed by atoms with E-state index in [4.69, 9.17) is 4.84 Å². The number of nitrogens with zero attached hydrogens (tertiary/aromatic N) is 1. The van der Waals surface area contributed by atoms with Crippen molar-refractivity contribution in [1.82, 2.24) is 5.48 Å². The lowest BCUT2D eigenvalue weighted by atomic mass is 10.4.